The molecule has 4 rings (SSSR count). The van der Waals surface area contributed by atoms with Crippen molar-refractivity contribution in [3.63, 3.8) is 0 Å². The number of benzene rings is 1. The van der Waals surface area contributed by atoms with Gasteiger partial charge < -0.3 is 5.32 Å². The Hall–Kier alpha value is -3.30. The average molecular weight is 459 g/mol. The van der Waals surface area contributed by atoms with Gasteiger partial charge in [-0.3, -0.25) is 23.5 Å². The van der Waals surface area contributed by atoms with Crippen LogP contribution in [0.15, 0.2) is 58.5 Å². The van der Waals surface area contributed by atoms with Crippen LogP contribution in [0, 0.1) is 12.7 Å². The number of hydrogen-bond donors (Lipinski definition) is 1. The zero-order chi connectivity index (χ0) is 22.1. The van der Waals surface area contributed by atoms with Crippen LogP contribution in [0.3, 0.4) is 0 Å². The average Bonchev–Trinajstić information content (AvgIpc) is 3.23. The number of thiazole rings is 1. The van der Waals surface area contributed by atoms with E-state index < -0.39 is 17.1 Å². The molecule has 1 amide bonds. The van der Waals surface area contributed by atoms with Gasteiger partial charge in [0.25, 0.3) is 11.5 Å². The summed E-state index contributed by atoms with van der Waals surface area (Å²) in [4.78, 5) is 43.0. The first-order chi connectivity index (χ1) is 14.8. The number of aryl methyl sites for hydroxylation is 1. The fourth-order valence-electron chi connectivity index (χ4n) is 3.10. The van der Waals surface area contributed by atoms with Gasteiger partial charge in [0, 0.05) is 30.7 Å². The monoisotopic (exact) mass is 458 g/mol. The molecule has 0 radical (unpaired) electrons. The third kappa shape index (κ3) is 4.14. The van der Waals surface area contributed by atoms with Crippen LogP contribution >= 0.6 is 22.9 Å². The number of carbonyl (C=O) groups is 1. The van der Waals surface area contributed by atoms with Gasteiger partial charge >= 0.3 is 5.69 Å². The number of rotatable bonds is 5. The molecule has 7 nitrogen and oxygen atoms in total. The first kappa shape index (κ1) is 21.0. The lowest BCUT2D eigenvalue weighted by atomic mass is 10.2. The van der Waals surface area contributed by atoms with Crippen LogP contribution in [-0.4, -0.2) is 19.9 Å². The van der Waals surface area contributed by atoms with Crippen molar-refractivity contribution in [2.45, 2.75) is 20.0 Å². The van der Waals surface area contributed by atoms with Crippen molar-refractivity contribution in [1.82, 2.24) is 19.3 Å². The Morgan fingerprint density at radius 3 is 2.77 bits per heavy atom. The van der Waals surface area contributed by atoms with Crippen LogP contribution in [-0.2, 0) is 13.1 Å². The van der Waals surface area contributed by atoms with Gasteiger partial charge in [-0.1, -0.05) is 23.7 Å². The highest BCUT2D eigenvalue weighted by atomic mass is 35.5. The molecule has 158 valence electrons. The van der Waals surface area contributed by atoms with Crippen LogP contribution in [0.1, 0.15) is 26.4 Å². The number of amides is 1. The molecule has 0 atom stereocenters. The molecular formula is C21H16ClFN4O3S. The van der Waals surface area contributed by atoms with Gasteiger partial charge in [-0.2, -0.15) is 0 Å². The third-order valence-electron chi connectivity index (χ3n) is 4.72. The Morgan fingerprint density at radius 2 is 2.06 bits per heavy atom. The standard InChI is InChI=1S/C21H16ClFN4O3S/c1-12-19(29)26(10-13-4-5-16(23)15(22)7-13)21(30)27-11-17(31-20(12)27)18(28)25-9-14-3-2-6-24-8-14/h2-8,11H,9-10H2,1H3,(H,25,28). The molecule has 0 aliphatic heterocycles. The Bertz CT molecular complexity index is 1410. The maximum atomic E-state index is 13.4. The van der Waals surface area contributed by atoms with Crippen molar-refractivity contribution in [2.24, 2.45) is 0 Å². The smallest absolute Gasteiger partial charge is 0.336 e. The molecule has 10 heteroatoms. The fourth-order valence-corrected chi connectivity index (χ4v) is 4.31. The molecule has 0 saturated heterocycles. The van der Waals surface area contributed by atoms with E-state index in [1.165, 1.54) is 28.8 Å². The maximum absolute atomic E-state index is 13.4. The van der Waals surface area contributed by atoms with Gasteiger partial charge in [-0.05, 0) is 36.2 Å². The van der Waals surface area contributed by atoms with Crippen LogP contribution in [0.2, 0.25) is 5.02 Å². The molecule has 4 aromatic rings. The summed E-state index contributed by atoms with van der Waals surface area (Å²) in [5.41, 5.74) is 0.616. The van der Waals surface area contributed by atoms with Crippen LogP contribution in [0.4, 0.5) is 4.39 Å². The second-order valence-electron chi connectivity index (χ2n) is 6.86. The fraction of sp³-hybridized carbons (Fsp3) is 0.143. The first-order valence-corrected chi connectivity index (χ1v) is 10.4. The van der Waals surface area contributed by atoms with Gasteiger partial charge in [-0.25, -0.2) is 9.18 Å². The van der Waals surface area contributed by atoms with E-state index in [2.05, 4.69) is 10.3 Å². The second-order valence-corrected chi connectivity index (χ2v) is 8.30. The van der Waals surface area contributed by atoms with E-state index in [0.29, 0.717) is 20.8 Å². The van der Waals surface area contributed by atoms with E-state index in [1.807, 2.05) is 6.07 Å². The third-order valence-corrected chi connectivity index (χ3v) is 6.22. The van der Waals surface area contributed by atoms with E-state index in [4.69, 9.17) is 11.6 Å². The summed E-state index contributed by atoms with van der Waals surface area (Å²) in [6, 6.07) is 7.62. The van der Waals surface area contributed by atoms with Crippen molar-refractivity contribution in [3.8, 4) is 0 Å². The number of pyridine rings is 1. The predicted octanol–water partition coefficient (Wildman–Crippen LogP) is 3.00. The lowest BCUT2D eigenvalue weighted by molar-refractivity contribution is 0.0954. The van der Waals surface area contributed by atoms with Gasteiger partial charge in [0.05, 0.1) is 11.6 Å². The van der Waals surface area contributed by atoms with E-state index in [0.717, 1.165) is 21.5 Å². The molecule has 0 unspecified atom stereocenters. The molecule has 0 aliphatic rings. The molecule has 0 aliphatic carbocycles. The highest BCUT2D eigenvalue weighted by Crippen LogP contribution is 2.19. The summed E-state index contributed by atoms with van der Waals surface area (Å²) in [5.74, 6) is -0.943. The van der Waals surface area contributed by atoms with Gasteiger partial charge in [-0.15, -0.1) is 11.3 Å². The summed E-state index contributed by atoms with van der Waals surface area (Å²) in [7, 11) is 0. The number of halogens is 2. The topological polar surface area (TPSA) is 85.5 Å². The zero-order valence-electron chi connectivity index (χ0n) is 16.3. The highest BCUT2D eigenvalue weighted by Gasteiger charge is 2.18. The number of aromatic nitrogens is 3. The van der Waals surface area contributed by atoms with E-state index in [1.54, 1.807) is 25.4 Å². The Labute approximate surface area is 184 Å². The molecule has 1 aromatic carbocycles. The Kier molecular flexibility index (Phi) is 5.71. The van der Waals surface area contributed by atoms with Crippen LogP contribution in [0.5, 0.6) is 0 Å². The largest absolute Gasteiger partial charge is 0.347 e. The molecule has 0 fully saturated rings. The molecule has 0 spiro atoms. The number of nitrogens with zero attached hydrogens (tertiary/aromatic N) is 3. The van der Waals surface area contributed by atoms with Gasteiger partial charge in [0.2, 0.25) is 0 Å². The quantitative estimate of drug-likeness (QED) is 0.498. The number of fused-ring (bicyclic) bond motifs is 1. The maximum Gasteiger partial charge on any atom is 0.336 e. The van der Waals surface area contributed by atoms with E-state index >= 15 is 0 Å². The summed E-state index contributed by atoms with van der Waals surface area (Å²) >= 11 is 6.87. The second kappa shape index (κ2) is 8.44. The number of nitrogens with one attached hydrogen (secondary N) is 1. The summed E-state index contributed by atoms with van der Waals surface area (Å²) in [6.07, 6.45) is 4.71. The SMILES string of the molecule is Cc1c(=O)n(Cc2ccc(F)c(Cl)c2)c(=O)n2cc(C(=O)NCc3cccnc3)sc12. The molecule has 0 bridgehead atoms. The number of hydrogen-bond acceptors (Lipinski definition) is 5. The van der Waals surface area contributed by atoms with Crippen LogP contribution < -0.4 is 16.6 Å². The molecule has 3 aromatic heterocycles. The summed E-state index contributed by atoms with van der Waals surface area (Å²) in [6.45, 7) is 1.81. The first-order valence-electron chi connectivity index (χ1n) is 9.22. The lowest BCUT2D eigenvalue weighted by Crippen LogP contribution is -2.38. The minimum absolute atomic E-state index is 0.0696. The molecule has 1 N–H and O–H groups in total. The van der Waals surface area contributed by atoms with E-state index in [-0.39, 0.29) is 24.0 Å². The summed E-state index contributed by atoms with van der Waals surface area (Å²) in [5, 5.41) is 2.69. The Balaban J connectivity index is 1.67. The highest BCUT2D eigenvalue weighted by molar-refractivity contribution is 7.19. The summed E-state index contributed by atoms with van der Waals surface area (Å²) < 4.78 is 15.7. The van der Waals surface area contributed by atoms with Gasteiger partial charge in [0.1, 0.15) is 15.5 Å². The minimum atomic E-state index is -0.589. The van der Waals surface area contributed by atoms with Crippen LogP contribution in [0.25, 0.3) is 4.83 Å². The van der Waals surface area contributed by atoms with Crippen molar-refractivity contribution in [2.75, 3.05) is 0 Å². The normalized spacial score (nSPS) is 11.1. The molecule has 3 heterocycles. The number of carbonyl (C=O) groups excluding carboxylic acids is 1. The van der Waals surface area contributed by atoms with Crippen molar-refractivity contribution >= 4 is 33.7 Å². The Morgan fingerprint density at radius 1 is 1.26 bits per heavy atom. The van der Waals surface area contributed by atoms with Crippen molar-refractivity contribution < 1.29 is 9.18 Å². The molecular weight excluding hydrogens is 443 g/mol. The lowest BCUT2D eigenvalue weighted by Gasteiger charge is -2.08. The van der Waals surface area contributed by atoms with Crippen molar-refractivity contribution in [3.05, 3.63) is 102 Å². The molecule has 0 saturated carbocycles. The van der Waals surface area contributed by atoms with E-state index in [9.17, 15) is 18.8 Å². The molecule has 31 heavy (non-hydrogen) atoms. The van der Waals surface area contributed by atoms with Crippen molar-refractivity contribution in [1.29, 1.82) is 0 Å². The minimum Gasteiger partial charge on any atom is -0.347 e. The predicted molar refractivity (Wildman–Crippen MR) is 116 cm³/mol. The van der Waals surface area contributed by atoms with Gasteiger partial charge in [0.15, 0.2) is 0 Å². The zero-order valence-corrected chi connectivity index (χ0v) is 17.8.